The molecule has 0 saturated heterocycles. The molecule has 4 unspecified atom stereocenters. The molecule has 0 aliphatic carbocycles. The van der Waals surface area contributed by atoms with Crippen LogP contribution in [0.2, 0.25) is 0 Å². The predicted octanol–water partition coefficient (Wildman–Crippen LogP) is 11.9. The Morgan fingerprint density at radius 2 is 1.03 bits per heavy atom. The van der Waals surface area contributed by atoms with Crippen LogP contribution < -0.4 is 10.2 Å². The minimum absolute atomic E-state index is 0.0589. The van der Waals surface area contributed by atoms with Crippen LogP contribution in [0.15, 0.2) is 97.2 Å². The lowest BCUT2D eigenvalue weighted by atomic mass is 10.0. The number of likely N-dealkylation sites (N-methyl/N-ethyl adjacent to an activating group) is 1. The number of hydrogen-bond donors (Lipinski definition) is 3. The van der Waals surface area contributed by atoms with Gasteiger partial charge in [-0.25, -0.2) is 0 Å². The van der Waals surface area contributed by atoms with Crippen molar-refractivity contribution >= 4 is 13.7 Å². The zero-order chi connectivity index (χ0) is 45.1. The number of nitrogens with one attached hydrogen (secondary N) is 1. The Morgan fingerprint density at radius 1 is 0.607 bits per heavy atom. The lowest BCUT2D eigenvalue weighted by molar-refractivity contribution is -0.870. The van der Waals surface area contributed by atoms with E-state index >= 15 is 0 Å². The first kappa shape index (κ1) is 58.4. The van der Waals surface area contributed by atoms with E-state index in [-0.39, 0.29) is 18.9 Å². The van der Waals surface area contributed by atoms with Crippen molar-refractivity contribution < 1.29 is 38.0 Å². The zero-order valence-corrected chi connectivity index (χ0v) is 40.1. The van der Waals surface area contributed by atoms with Crippen molar-refractivity contribution in [1.82, 2.24) is 5.32 Å². The number of aliphatic hydroxyl groups excluding tert-OH is 2. The summed E-state index contributed by atoms with van der Waals surface area (Å²) in [7, 11) is 1.06. The summed E-state index contributed by atoms with van der Waals surface area (Å²) in [6.45, 7) is 4.24. The number of rotatable bonds is 41. The van der Waals surface area contributed by atoms with Crippen LogP contribution in [0.1, 0.15) is 162 Å². The SMILES string of the molecule is CC/C=C\C/C=C\C/C=C\C/C=C\C/C=C\C/C=C\C/C=C\CCCCCC(=O)NC(COP(=O)([O-])OCC[N+](C)(C)C)C(O)C(O)CCC/C=C/CCCCCCCCC. The van der Waals surface area contributed by atoms with E-state index in [4.69, 9.17) is 9.05 Å². The normalized spacial score (nSPS) is 15.6. The van der Waals surface area contributed by atoms with Crippen LogP contribution in [0.4, 0.5) is 0 Å². The van der Waals surface area contributed by atoms with Crippen LogP contribution in [-0.4, -0.2) is 79.8 Å². The van der Waals surface area contributed by atoms with Gasteiger partial charge in [0, 0.05) is 6.42 Å². The number of nitrogens with zero attached hydrogens (tertiary/aromatic N) is 1. The molecule has 0 rings (SSSR count). The van der Waals surface area contributed by atoms with Gasteiger partial charge in [0.1, 0.15) is 19.3 Å². The second kappa shape index (κ2) is 41.4. The molecule has 0 fully saturated rings. The van der Waals surface area contributed by atoms with E-state index in [1.807, 2.05) is 21.1 Å². The minimum Gasteiger partial charge on any atom is -0.756 e. The van der Waals surface area contributed by atoms with Gasteiger partial charge in [-0.15, -0.1) is 0 Å². The lowest BCUT2D eigenvalue weighted by Gasteiger charge is -2.31. The largest absolute Gasteiger partial charge is 0.756 e. The quantitative estimate of drug-likeness (QED) is 0.0241. The van der Waals surface area contributed by atoms with E-state index < -0.39 is 32.7 Å². The van der Waals surface area contributed by atoms with E-state index in [1.54, 1.807) is 0 Å². The summed E-state index contributed by atoms with van der Waals surface area (Å²) in [5.41, 5.74) is 0. The Balaban J connectivity index is 4.53. The first-order chi connectivity index (χ1) is 29.4. The monoisotopic (exact) mass is 873 g/mol. The van der Waals surface area contributed by atoms with Crippen molar-refractivity contribution in [2.24, 2.45) is 0 Å². The van der Waals surface area contributed by atoms with Gasteiger partial charge in [0.05, 0.1) is 39.9 Å². The number of phosphoric ester groups is 1. The molecule has 10 heteroatoms. The first-order valence-corrected chi connectivity index (χ1v) is 25.1. The fraction of sp³-hybridized carbons (Fsp3) is 0.667. The minimum atomic E-state index is -4.69. The number of carbonyl (C=O) groups excluding carboxylic acids is 1. The summed E-state index contributed by atoms with van der Waals surface area (Å²) in [6.07, 6.45) is 54.5. The van der Waals surface area contributed by atoms with Gasteiger partial charge in [-0.1, -0.05) is 156 Å². The van der Waals surface area contributed by atoms with Gasteiger partial charge in [0.2, 0.25) is 5.91 Å². The van der Waals surface area contributed by atoms with Gasteiger partial charge < -0.3 is 34.0 Å². The Hall–Kier alpha value is -2.62. The molecule has 0 aromatic carbocycles. The molecule has 9 nitrogen and oxygen atoms in total. The molecule has 0 aliphatic heterocycles. The molecule has 3 N–H and O–H groups in total. The molecule has 1 amide bonds. The Kier molecular flexibility index (Phi) is 39.6. The summed E-state index contributed by atoms with van der Waals surface area (Å²) in [5, 5.41) is 24.6. The third-order valence-electron chi connectivity index (χ3n) is 9.90. The predicted molar refractivity (Wildman–Crippen MR) is 257 cm³/mol. The number of carbonyl (C=O) groups is 1. The summed E-state index contributed by atoms with van der Waals surface area (Å²) in [5.74, 6) is -0.326. The number of unbranched alkanes of at least 4 members (excludes halogenated alkanes) is 11. The average molecular weight is 873 g/mol. The van der Waals surface area contributed by atoms with Crippen LogP contribution in [0.3, 0.4) is 0 Å². The molecule has 0 radical (unpaired) electrons. The molecule has 61 heavy (non-hydrogen) atoms. The number of phosphoric acid groups is 1. The highest BCUT2D eigenvalue weighted by atomic mass is 31.2. The second-order valence-corrected chi connectivity index (χ2v) is 18.3. The van der Waals surface area contributed by atoms with Crippen molar-refractivity contribution in [3.8, 4) is 0 Å². The fourth-order valence-corrected chi connectivity index (χ4v) is 6.84. The van der Waals surface area contributed by atoms with E-state index in [0.717, 1.165) is 77.0 Å². The van der Waals surface area contributed by atoms with Gasteiger partial charge in [0.25, 0.3) is 7.82 Å². The Morgan fingerprint density at radius 3 is 1.52 bits per heavy atom. The maximum Gasteiger partial charge on any atom is 0.268 e. The summed E-state index contributed by atoms with van der Waals surface area (Å²) >= 11 is 0. The second-order valence-electron chi connectivity index (χ2n) is 16.9. The molecule has 0 aromatic rings. The Bertz CT molecular complexity index is 1330. The molecule has 0 heterocycles. The average Bonchev–Trinajstić information content (AvgIpc) is 3.21. The van der Waals surface area contributed by atoms with Crippen molar-refractivity contribution in [2.75, 3.05) is 40.9 Å². The fourth-order valence-electron chi connectivity index (χ4n) is 6.11. The summed E-state index contributed by atoms with van der Waals surface area (Å²) < 4.78 is 23.1. The maximum atomic E-state index is 12.9. The van der Waals surface area contributed by atoms with Gasteiger partial charge >= 0.3 is 0 Å². The van der Waals surface area contributed by atoms with Crippen molar-refractivity contribution in [3.63, 3.8) is 0 Å². The van der Waals surface area contributed by atoms with Crippen molar-refractivity contribution in [3.05, 3.63) is 97.2 Å². The highest BCUT2D eigenvalue weighted by Crippen LogP contribution is 2.38. The van der Waals surface area contributed by atoms with Gasteiger partial charge in [-0.2, -0.15) is 0 Å². The molecule has 0 bridgehead atoms. The standard InChI is InChI=1S/C51H89N2O7P/c1-6-8-10-12-14-16-18-20-21-22-23-24-25-26-27-28-29-30-31-32-34-36-38-40-42-44-50(55)52-48(47-60-61(57,58)59-46-45-53(3,4)5)51(56)49(54)43-41-39-37-35-33-19-17-15-13-11-9-7-2/h8,10,14,16,20-21,23-24,26-27,29-30,32,34-35,37,48-49,51,54,56H,6-7,9,11-13,15,17-19,22,25,28,31,33,36,38-47H2,1-5H3,(H-,52,55,57,58)/b10-8-,16-14-,21-20-,24-23-,27-26-,30-29-,34-32-,37-35+. The number of amides is 1. The molecular formula is C51H89N2O7P. The molecule has 0 aromatic heterocycles. The van der Waals surface area contributed by atoms with Crippen LogP contribution in [0.5, 0.6) is 0 Å². The third kappa shape index (κ3) is 42.5. The van der Waals surface area contributed by atoms with Gasteiger partial charge in [-0.05, 0) is 96.3 Å². The smallest absolute Gasteiger partial charge is 0.268 e. The van der Waals surface area contributed by atoms with Gasteiger partial charge in [-0.3, -0.25) is 9.36 Å². The van der Waals surface area contributed by atoms with Crippen LogP contribution in [0.25, 0.3) is 0 Å². The number of quaternary nitrogens is 1. The lowest BCUT2D eigenvalue weighted by Crippen LogP contribution is -2.51. The molecule has 0 aliphatic rings. The highest BCUT2D eigenvalue weighted by Gasteiger charge is 2.29. The van der Waals surface area contributed by atoms with E-state index in [0.29, 0.717) is 30.3 Å². The first-order valence-electron chi connectivity index (χ1n) is 23.7. The molecule has 0 spiro atoms. The van der Waals surface area contributed by atoms with Crippen LogP contribution >= 0.6 is 7.82 Å². The van der Waals surface area contributed by atoms with E-state index in [2.05, 4.69) is 116 Å². The zero-order valence-electron chi connectivity index (χ0n) is 39.2. The molecule has 4 atom stereocenters. The van der Waals surface area contributed by atoms with E-state index in [1.165, 1.54) is 44.9 Å². The summed E-state index contributed by atoms with van der Waals surface area (Å²) in [6, 6.07) is -1.11. The van der Waals surface area contributed by atoms with Crippen LogP contribution in [0, 0.1) is 0 Å². The molecular weight excluding hydrogens is 784 g/mol. The number of allylic oxidation sites excluding steroid dienone is 16. The number of hydrogen-bond acceptors (Lipinski definition) is 7. The molecule has 0 saturated carbocycles. The van der Waals surface area contributed by atoms with E-state index in [9.17, 15) is 24.5 Å². The van der Waals surface area contributed by atoms with Crippen molar-refractivity contribution in [1.29, 1.82) is 0 Å². The summed E-state index contributed by atoms with van der Waals surface area (Å²) in [4.78, 5) is 25.4. The van der Waals surface area contributed by atoms with Gasteiger partial charge in [0.15, 0.2) is 0 Å². The van der Waals surface area contributed by atoms with Crippen LogP contribution in [-0.2, 0) is 18.4 Å². The van der Waals surface area contributed by atoms with Crippen molar-refractivity contribution in [2.45, 2.75) is 180 Å². The Labute approximate surface area is 373 Å². The molecule has 350 valence electrons. The number of aliphatic hydroxyl groups is 2. The maximum absolute atomic E-state index is 12.9. The highest BCUT2D eigenvalue weighted by molar-refractivity contribution is 7.45. The topological polar surface area (TPSA) is 128 Å². The third-order valence-corrected chi connectivity index (χ3v) is 10.9.